The molecular formula is C18H22BrN3O2. The summed E-state index contributed by atoms with van der Waals surface area (Å²) >= 11 is 3.97. The lowest BCUT2D eigenvalue weighted by molar-refractivity contribution is -0.128. The maximum absolute atomic E-state index is 12.4. The lowest BCUT2D eigenvalue weighted by atomic mass is 9.48. The van der Waals surface area contributed by atoms with Gasteiger partial charge in [0, 0.05) is 28.7 Å². The second-order valence-corrected chi connectivity index (χ2v) is 9.71. The van der Waals surface area contributed by atoms with E-state index in [-0.39, 0.29) is 21.6 Å². The third-order valence-corrected chi connectivity index (χ3v) is 6.83. The van der Waals surface area contributed by atoms with Crippen molar-refractivity contribution in [3.05, 3.63) is 30.1 Å². The van der Waals surface area contributed by atoms with Gasteiger partial charge in [-0.1, -0.05) is 15.9 Å². The fraction of sp³-hybridized carbons (Fsp3) is 0.611. The van der Waals surface area contributed by atoms with Crippen LogP contribution in [0.3, 0.4) is 0 Å². The van der Waals surface area contributed by atoms with Crippen molar-refractivity contribution in [2.45, 2.75) is 49.3 Å². The van der Waals surface area contributed by atoms with Crippen molar-refractivity contribution in [2.75, 3.05) is 0 Å². The average molecular weight is 392 g/mol. The zero-order chi connectivity index (χ0) is 16.8. The van der Waals surface area contributed by atoms with Gasteiger partial charge in [0.05, 0.1) is 0 Å². The summed E-state index contributed by atoms with van der Waals surface area (Å²) < 4.78 is 0.248. The van der Waals surface area contributed by atoms with Gasteiger partial charge in [-0.3, -0.25) is 25.4 Å². The van der Waals surface area contributed by atoms with E-state index in [0.29, 0.717) is 12.0 Å². The molecule has 6 heteroatoms. The molecule has 4 saturated carbocycles. The van der Waals surface area contributed by atoms with Gasteiger partial charge in [-0.2, -0.15) is 0 Å². The molecule has 0 unspecified atom stereocenters. The van der Waals surface area contributed by atoms with Crippen molar-refractivity contribution >= 4 is 27.7 Å². The third kappa shape index (κ3) is 3.08. The van der Waals surface area contributed by atoms with Crippen LogP contribution >= 0.6 is 15.9 Å². The van der Waals surface area contributed by atoms with Crippen molar-refractivity contribution < 1.29 is 9.59 Å². The van der Waals surface area contributed by atoms with Crippen molar-refractivity contribution in [3.63, 3.8) is 0 Å². The number of pyridine rings is 1. The van der Waals surface area contributed by atoms with Crippen molar-refractivity contribution in [1.29, 1.82) is 0 Å². The molecule has 128 valence electrons. The summed E-state index contributed by atoms with van der Waals surface area (Å²) in [5, 5.41) is 0. The standard InChI is InChI=1S/C18H22BrN3O2/c19-18-8-12-5-13(9-18)7-17(6-12,11-18)10-15(23)21-22-16(24)14-1-3-20-4-2-14/h1-4,12-13H,5-11H2,(H,21,23)(H,22,24)/t12-,13-,17?,18?/m1/s1. The summed E-state index contributed by atoms with van der Waals surface area (Å²) in [7, 11) is 0. The van der Waals surface area contributed by atoms with Crippen molar-refractivity contribution in [1.82, 2.24) is 15.8 Å². The predicted molar refractivity (Wildman–Crippen MR) is 93.2 cm³/mol. The van der Waals surface area contributed by atoms with Gasteiger partial charge >= 0.3 is 0 Å². The van der Waals surface area contributed by atoms with Gasteiger partial charge in [-0.25, -0.2) is 0 Å². The molecule has 5 nitrogen and oxygen atoms in total. The molecule has 2 N–H and O–H groups in total. The first-order valence-electron chi connectivity index (χ1n) is 8.64. The van der Waals surface area contributed by atoms with Crippen LogP contribution in [0.2, 0.25) is 0 Å². The quantitative estimate of drug-likeness (QED) is 0.614. The molecule has 24 heavy (non-hydrogen) atoms. The summed E-state index contributed by atoms with van der Waals surface area (Å²) in [6.07, 6.45) is 10.9. The second kappa shape index (κ2) is 5.83. The first-order valence-corrected chi connectivity index (χ1v) is 9.43. The van der Waals surface area contributed by atoms with E-state index in [2.05, 4.69) is 31.8 Å². The summed E-state index contributed by atoms with van der Waals surface area (Å²) in [6.45, 7) is 0. The van der Waals surface area contributed by atoms with Gasteiger partial charge in [0.15, 0.2) is 0 Å². The number of hydrogen-bond acceptors (Lipinski definition) is 3. The Kier molecular flexibility index (Phi) is 3.90. The second-order valence-electron chi connectivity index (χ2n) is 8.03. The van der Waals surface area contributed by atoms with Gasteiger partial charge in [0.25, 0.3) is 5.91 Å². The molecule has 1 heterocycles. The zero-order valence-electron chi connectivity index (χ0n) is 13.6. The van der Waals surface area contributed by atoms with E-state index in [1.165, 1.54) is 19.3 Å². The highest BCUT2D eigenvalue weighted by atomic mass is 79.9. The van der Waals surface area contributed by atoms with Gasteiger partial charge in [-0.15, -0.1) is 0 Å². The Morgan fingerprint density at radius 3 is 2.42 bits per heavy atom. The van der Waals surface area contributed by atoms with Crippen LogP contribution in [0.15, 0.2) is 24.5 Å². The van der Waals surface area contributed by atoms with Gasteiger partial charge in [0.2, 0.25) is 5.91 Å². The molecular weight excluding hydrogens is 370 g/mol. The minimum absolute atomic E-state index is 0.0875. The van der Waals surface area contributed by atoms with Crippen LogP contribution in [-0.2, 0) is 4.79 Å². The Bertz CT molecular complexity index is 649. The number of nitrogens with one attached hydrogen (secondary N) is 2. The largest absolute Gasteiger partial charge is 0.273 e. The van der Waals surface area contributed by atoms with Gasteiger partial charge in [0.1, 0.15) is 0 Å². The highest BCUT2D eigenvalue weighted by Gasteiger charge is 2.57. The van der Waals surface area contributed by atoms with Crippen LogP contribution in [0.4, 0.5) is 0 Å². The fourth-order valence-electron chi connectivity index (χ4n) is 5.63. The normalized spacial score (nSPS) is 36.4. The van der Waals surface area contributed by atoms with E-state index in [9.17, 15) is 9.59 Å². The van der Waals surface area contributed by atoms with Crippen molar-refractivity contribution in [3.8, 4) is 0 Å². The minimum atomic E-state index is -0.312. The lowest BCUT2D eigenvalue weighted by Crippen LogP contribution is -2.54. The number of hydrogen-bond donors (Lipinski definition) is 2. The van der Waals surface area contributed by atoms with Gasteiger partial charge < -0.3 is 0 Å². The van der Waals surface area contributed by atoms with E-state index < -0.39 is 0 Å². The number of aromatic nitrogens is 1. The monoisotopic (exact) mass is 391 g/mol. The number of halogens is 1. The van der Waals surface area contributed by atoms with Crippen LogP contribution in [0.5, 0.6) is 0 Å². The van der Waals surface area contributed by atoms with E-state index in [1.807, 2.05) is 0 Å². The van der Waals surface area contributed by atoms with Crippen molar-refractivity contribution in [2.24, 2.45) is 17.3 Å². The molecule has 0 radical (unpaired) electrons. The molecule has 4 aliphatic carbocycles. The Morgan fingerprint density at radius 1 is 1.12 bits per heavy atom. The Labute approximate surface area is 150 Å². The van der Waals surface area contributed by atoms with Crippen LogP contribution in [0, 0.1) is 17.3 Å². The third-order valence-electron chi connectivity index (χ3n) is 5.90. The van der Waals surface area contributed by atoms with Crippen LogP contribution < -0.4 is 10.9 Å². The van der Waals surface area contributed by atoms with Crippen LogP contribution in [-0.4, -0.2) is 21.1 Å². The molecule has 5 rings (SSSR count). The molecule has 1 aromatic heterocycles. The van der Waals surface area contributed by atoms with E-state index in [1.54, 1.807) is 24.5 Å². The average Bonchev–Trinajstić information content (AvgIpc) is 2.50. The topological polar surface area (TPSA) is 71.1 Å². The van der Waals surface area contributed by atoms with E-state index in [0.717, 1.165) is 31.1 Å². The first-order chi connectivity index (χ1) is 11.5. The summed E-state index contributed by atoms with van der Waals surface area (Å²) in [4.78, 5) is 28.3. The maximum atomic E-state index is 12.4. The number of carbonyl (C=O) groups is 2. The van der Waals surface area contributed by atoms with E-state index in [4.69, 9.17) is 0 Å². The lowest BCUT2D eigenvalue weighted by Gasteiger charge is -2.60. The van der Waals surface area contributed by atoms with E-state index >= 15 is 0 Å². The van der Waals surface area contributed by atoms with Crippen LogP contribution in [0.25, 0.3) is 0 Å². The molecule has 4 bridgehead atoms. The Morgan fingerprint density at radius 2 is 1.79 bits per heavy atom. The number of alkyl halides is 1. The Hall–Kier alpha value is -1.43. The Balaban J connectivity index is 1.36. The molecule has 0 spiro atoms. The molecule has 1 aromatic rings. The zero-order valence-corrected chi connectivity index (χ0v) is 15.1. The smallest absolute Gasteiger partial charge is 0.269 e. The summed E-state index contributed by atoms with van der Waals surface area (Å²) in [5.74, 6) is 1.11. The number of carbonyl (C=O) groups excluding carboxylic acids is 2. The predicted octanol–water partition coefficient (Wildman–Crippen LogP) is 2.97. The molecule has 2 amide bonds. The highest BCUT2D eigenvalue weighted by molar-refractivity contribution is 9.10. The fourth-order valence-corrected chi connectivity index (χ4v) is 7.14. The first kappa shape index (κ1) is 16.1. The molecule has 4 fully saturated rings. The molecule has 2 atom stereocenters. The molecule has 0 aliphatic heterocycles. The molecule has 4 aliphatic rings. The summed E-state index contributed by atoms with van der Waals surface area (Å²) in [5.41, 5.74) is 5.70. The highest BCUT2D eigenvalue weighted by Crippen LogP contribution is 2.65. The molecule has 0 aromatic carbocycles. The minimum Gasteiger partial charge on any atom is -0.273 e. The van der Waals surface area contributed by atoms with Gasteiger partial charge in [-0.05, 0) is 67.9 Å². The summed E-state index contributed by atoms with van der Waals surface area (Å²) in [6, 6.07) is 3.24. The maximum Gasteiger partial charge on any atom is 0.269 e. The number of rotatable bonds is 3. The SMILES string of the molecule is O=C(CC12C[C@H]3C[C@@H](CC(Br)(C3)C1)C2)NNC(=O)c1ccncc1. The van der Waals surface area contributed by atoms with Crippen LogP contribution in [0.1, 0.15) is 55.3 Å². The number of hydrazine groups is 1. The number of amides is 2. The number of nitrogens with zero attached hydrogens (tertiary/aromatic N) is 1. The molecule has 0 saturated heterocycles.